The second-order valence-electron chi connectivity index (χ2n) is 5.67. The highest BCUT2D eigenvalue weighted by molar-refractivity contribution is 6.42. The van der Waals surface area contributed by atoms with Crippen molar-refractivity contribution in [1.29, 1.82) is 0 Å². The van der Waals surface area contributed by atoms with Crippen molar-refractivity contribution in [2.24, 2.45) is 5.92 Å². The molecule has 0 unspecified atom stereocenters. The van der Waals surface area contributed by atoms with Gasteiger partial charge in [0.25, 0.3) is 5.91 Å². The summed E-state index contributed by atoms with van der Waals surface area (Å²) in [6.45, 7) is 4.75. The van der Waals surface area contributed by atoms with Crippen LogP contribution >= 0.6 is 23.2 Å². The molecule has 108 valence electrons. The Labute approximate surface area is 129 Å². The third kappa shape index (κ3) is 3.27. The molecule has 1 amide bonds. The Morgan fingerprint density at radius 2 is 1.80 bits per heavy atom. The molecular formula is C15H18Cl2N2O. The van der Waals surface area contributed by atoms with Crippen molar-refractivity contribution < 1.29 is 4.79 Å². The third-order valence-electron chi connectivity index (χ3n) is 4.04. The number of carbonyl (C=O) groups excluding carboxylic acids is 1. The Balaban J connectivity index is 1.58. The van der Waals surface area contributed by atoms with Crippen LogP contribution in [-0.4, -0.2) is 48.4 Å². The van der Waals surface area contributed by atoms with Gasteiger partial charge in [0, 0.05) is 38.3 Å². The van der Waals surface area contributed by atoms with Crippen LogP contribution in [0.25, 0.3) is 0 Å². The maximum absolute atomic E-state index is 12.4. The summed E-state index contributed by atoms with van der Waals surface area (Å²) in [5.74, 6) is 0.960. The first kappa shape index (κ1) is 14.2. The number of carbonyl (C=O) groups is 1. The van der Waals surface area contributed by atoms with E-state index in [1.54, 1.807) is 18.2 Å². The SMILES string of the molecule is O=C(c1ccc(Cl)c(Cl)c1)N1CCN(CC2CC2)CC1. The molecule has 1 aliphatic heterocycles. The van der Waals surface area contributed by atoms with Gasteiger partial charge in [-0.2, -0.15) is 0 Å². The van der Waals surface area contributed by atoms with E-state index >= 15 is 0 Å². The van der Waals surface area contributed by atoms with Crippen molar-refractivity contribution in [3.8, 4) is 0 Å². The van der Waals surface area contributed by atoms with E-state index in [9.17, 15) is 4.79 Å². The summed E-state index contributed by atoms with van der Waals surface area (Å²) in [4.78, 5) is 16.8. The van der Waals surface area contributed by atoms with Gasteiger partial charge in [-0.1, -0.05) is 23.2 Å². The molecule has 0 N–H and O–H groups in total. The van der Waals surface area contributed by atoms with Crippen LogP contribution < -0.4 is 0 Å². The summed E-state index contributed by atoms with van der Waals surface area (Å²) in [5.41, 5.74) is 0.620. The lowest BCUT2D eigenvalue weighted by Crippen LogP contribution is -2.49. The van der Waals surface area contributed by atoms with Crippen LogP contribution in [-0.2, 0) is 0 Å². The summed E-state index contributed by atoms with van der Waals surface area (Å²) in [6.07, 6.45) is 2.75. The van der Waals surface area contributed by atoms with Gasteiger partial charge in [-0.05, 0) is 37.0 Å². The lowest BCUT2D eigenvalue weighted by molar-refractivity contribution is 0.0632. The zero-order valence-electron chi connectivity index (χ0n) is 11.3. The van der Waals surface area contributed by atoms with Gasteiger partial charge in [0.05, 0.1) is 10.0 Å². The van der Waals surface area contributed by atoms with Crippen LogP contribution in [0.3, 0.4) is 0 Å². The summed E-state index contributed by atoms with van der Waals surface area (Å²) in [7, 11) is 0. The molecule has 1 saturated heterocycles. The number of amides is 1. The zero-order valence-corrected chi connectivity index (χ0v) is 12.8. The average molecular weight is 313 g/mol. The van der Waals surface area contributed by atoms with Crippen LogP contribution in [0.2, 0.25) is 10.0 Å². The number of rotatable bonds is 3. The highest BCUT2D eigenvalue weighted by Gasteiger charge is 2.28. The van der Waals surface area contributed by atoms with Crippen LogP contribution in [0.15, 0.2) is 18.2 Å². The molecule has 1 aromatic carbocycles. The topological polar surface area (TPSA) is 23.6 Å². The van der Waals surface area contributed by atoms with Crippen molar-refractivity contribution >= 4 is 29.1 Å². The minimum atomic E-state index is 0.0506. The molecule has 2 fully saturated rings. The fourth-order valence-corrected chi connectivity index (χ4v) is 2.91. The maximum Gasteiger partial charge on any atom is 0.253 e. The molecule has 2 aliphatic rings. The van der Waals surface area contributed by atoms with Gasteiger partial charge in [-0.3, -0.25) is 9.69 Å². The predicted octanol–water partition coefficient (Wildman–Crippen LogP) is 3.16. The highest BCUT2D eigenvalue weighted by Crippen LogP contribution is 2.30. The van der Waals surface area contributed by atoms with E-state index in [0.29, 0.717) is 15.6 Å². The number of benzene rings is 1. The third-order valence-corrected chi connectivity index (χ3v) is 4.78. The lowest BCUT2D eigenvalue weighted by Gasteiger charge is -2.34. The highest BCUT2D eigenvalue weighted by atomic mass is 35.5. The smallest absolute Gasteiger partial charge is 0.253 e. The molecule has 0 radical (unpaired) electrons. The standard InChI is InChI=1S/C15H18Cl2N2O/c16-13-4-3-12(9-14(13)17)15(20)19-7-5-18(6-8-19)10-11-1-2-11/h3-4,9,11H,1-2,5-8,10H2. The number of halogens is 2. The van der Waals surface area contributed by atoms with E-state index in [4.69, 9.17) is 23.2 Å². The summed E-state index contributed by atoms with van der Waals surface area (Å²) < 4.78 is 0. The first-order valence-corrected chi connectivity index (χ1v) is 7.86. The van der Waals surface area contributed by atoms with Gasteiger partial charge >= 0.3 is 0 Å². The molecule has 1 aliphatic carbocycles. The summed E-state index contributed by atoms with van der Waals surface area (Å²) in [5, 5.41) is 0.919. The number of hydrogen-bond donors (Lipinski definition) is 0. The van der Waals surface area contributed by atoms with E-state index in [1.807, 2.05) is 4.90 Å². The van der Waals surface area contributed by atoms with Crippen molar-refractivity contribution in [3.63, 3.8) is 0 Å². The van der Waals surface area contributed by atoms with E-state index in [-0.39, 0.29) is 5.91 Å². The minimum absolute atomic E-state index is 0.0506. The molecule has 0 atom stereocenters. The Bertz CT molecular complexity index is 509. The average Bonchev–Trinajstić information content (AvgIpc) is 3.26. The molecule has 1 heterocycles. The Morgan fingerprint density at radius 3 is 2.40 bits per heavy atom. The molecule has 3 rings (SSSR count). The monoisotopic (exact) mass is 312 g/mol. The number of hydrogen-bond acceptors (Lipinski definition) is 2. The van der Waals surface area contributed by atoms with Crippen LogP contribution in [0.1, 0.15) is 23.2 Å². The molecule has 1 saturated carbocycles. The van der Waals surface area contributed by atoms with E-state index < -0.39 is 0 Å². The van der Waals surface area contributed by atoms with Crippen molar-refractivity contribution in [2.45, 2.75) is 12.8 Å². The fourth-order valence-electron chi connectivity index (χ4n) is 2.61. The van der Waals surface area contributed by atoms with Crippen LogP contribution in [0, 0.1) is 5.92 Å². The predicted molar refractivity (Wildman–Crippen MR) is 81.5 cm³/mol. The molecule has 0 spiro atoms. The molecule has 0 bridgehead atoms. The first-order valence-electron chi connectivity index (χ1n) is 7.10. The second kappa shape index (κ2) is 5.92. The Hall–Kier alpha value is -0.770. The van der Waals surface area contributed by atoms with E-state index in [1.165, 1.54) is 19.4 Å². The number of nitrogens with zero attached hydrogens (tertiary/aromatic N) is 2. The van der Waals surface area contributed by atoms with E-state index in [0.717, 1.165) is 32.1 Å². The van der Waals surface area contributed by atoms with Crippen molar-refractivity contribution in [3.05, 3.63) is 33.8 Å². The summed E-state index contributed by atoms with van der Waals surface area (Å²) >= 11 is 11.9. The lowest BCUT2D eigenvalue weighted by atomic mass is 10.1. The normalized spacial score (nSPS) is 20.2. The maximum atomic E-state index is 12.4. The zero-order chi connectivity index (χ0) is 14.1. The second-order valence-corrected chi connectivity index (χ2v) is 6.48. The molecular weight excluding hydrogens is 295 g/mol. The van der Waals surface area contributed by atoms with Crippen LogP contribution in [0.5, 0.6) is 0 Å². The van der Waals surface area contributed by atoms with Gasteiger partial charge in [0.1, 0.15) is 0 Å². The molecule has 5 heteroatoms. The molecule has 0 aromatic heterocycles. The largest absolute Gasteiger partial charge is 0.336 e. The molecule has 20 heavy (non-hydrogen) atoms. The minimum Gasteiger partial charge on any atom is -0.336 e. The van der Waals surface area contributed by atoms with Gasteiger partial charge in [0.2, 0.25) is 0 Å². The fraction of sp³-hybridized carbons (Fsp3) is 0.533. The van der Waals surface area contributed by atoms with Gasteiger partial charge < -0.3 is 4.90 Å². The van der Waals surface area contributed by atoms with Gasteiger partial charge in [-0.15, -0.1) is 0 Å². The molecule has 1 aromatic rings. The summed E-state index contributed by atoms with van der Waals surface area (Å²) in [6, 6.07) is 5.08. The van der Waals surface area contributed by atoms with Crippen LogP contribution in [0.4, 0.5) is 0 Å². The van der Waals surface area contributed by atoms with E-state index in [2.05, 4.69) is 4.90 Å². The number of piperazine rings is 1. The Morgan fingerprint density at radius 1 is 1.10 bits per heavy atom. The van der Waals surface area contributed by atoms with Crippen molar-refractivity contribution in [1.82, 2.24) is 9.80 Å². The Kier molecular flexibility index (Phi) is 4.20. The van der Waals surface area contributed by atoms with Gasteiger partial charge in [-0.25, -0.2) is 0 Å². The van der Waals surface area contributed by atoms with Gasteiger partial charge in [0.15, 0.2) is 0 Å². The van der Waals surface area contributed by atoms with Crippen molar-refractivity contribution in [2.75, 3.05) is 32.7 Å². The molecule has 3 nitrogen and oxygen atoms in total. The quantitative estimate of drug-likeness (QED) is 0.856. The first-order chi connectivity index (χ1) is 9.63.